The summed E-state index contributed by atoms with van der Waals surface area (Å²) in [5, 5.41) is 2.93. The summed E-state index contributed by atoms with van der Waals surface area (Å²) < 4.78 is 29.2. The molecule has 0 radical (unpaired) electrons. The first kappa shape index (κ1) is 11.7. The molecule has 98 valence electrons. The first-order valence-electron chi connectivity index (χ1n) is 5.71. The van der Waals surface area contributed by atoms with Gasteiger partial charge in [-0.3, -0.25) is 4.79 Å². The van der Waals surface area contributed by atoms with Crippen LogP contribution in [0.3, 0.4) is 0 Å². The van der Waals surface area contributed by atoms with Gasteiger partial charge >= 0.3 is 0 Å². The number of hydrogen-bond donors (Lipinski definition) is 1. The van der Waals surface area contributed by atoms with E-state index in [9.17, 15) is 13.2 Å². The average Bonchev–Trinajstić information content (AvgIpc) is 2.74. The minimum absolute atomic E-state index is 0.207. The Bertz CT molecular complexity index is 580. The van der Waals surface area contributed by atoms with Gasteiger partial charge in [-0.25, -0.2) is 8.42 Å². The van der Waals surface area contributed by atoms with Gasteiger partial charge in [0.05, 0.1) is 23.6 Å². The predicted octanol–water partition coefficient (Wildman–Crippen LogP) is 0.0433. The summed E-state index contributed by atoms with van der Waals surface area (Å²) in [4.78, 5) is 11.9. The summed E-state index contributed by atoms with van der Waals surface area (Å²) in [5.74, 6) is 0.0321. The van der Waals surface area contributed by atoms with E-state index in [2.05, 4.69) is 5.32 Å². The second-order valence-electron chi connectivity index (χ2n) is 5.08. The molecule has 2 fully saturated rings. The third-order valence-electron chi connectivity index (χ3n) is 3.73. The molecule has 6 nitrogen and oxygen atoms in total. The lowest BCUT2D eigenvalue weighted by Gasteiger charge is -2.19. The zero-order valence-corrected chi connectivity index (χ0v) is 10.7. The largest absolute Gasteiger partial charge is 0.472 e. The third kappa shape index (κ3) is 1.83. The fourth-order valence-corrected chi connectivity index (χ4v) is 3.49. The van der Waals surface area contributed by atoms with E-state index in [-0.39, 0.29) is 17.4 Å². The fraction of sp³-hybridized carbons (Fsp3) is 0.545. The number of nitrogens with zero attached hydrogens (tertiary/aromatic N) is 1. The van der Waals surface area contributed by atoms with Crippen LogP contribution in [0.1, 0.15) is 16.8 Å². The zero-order valence-electron chi connectivity index (χ0n) is 9.92. The normalized spacial score (nSPS) is 31.1. The molecule has 1 aromatic heterocycles. The second-order valence-corrected chi connectivity index (χ2v) is 7.06. The van der Waals surface area contributed by atoms with E-state index in [0.29, 0.717) is 18.7 Å². The number of rotatable bonds is 3. The topological polar surface area (TPSA) is 79.6 Å². The van der Waals surface area contributed by atoms with Gasteiger partial charge in [-0.2, -0.15) is 4.31 Å². The molecule has 7 heteroatoms. The van der Waals surface area contributed by atoms with Crippen LogP contribution in [-0.4, -0.2) is 43.5 Å². The number of nitrogens with one attached hydrogen (secondary N) is 1. The fourth-order valence-electron chi connectivity index (χ4n) is 2.58. The molecule has 0 aromatic carbocycles. The number of hydrogen-bond acceptors (Lipinski definition) is 4. The van der Waals surface area contributed by atoms with Crippen LogP contribution in [0.15, 0.2) is 23.0 Å². The average molecular weight is 270 g/mol. The van der Waals surface area contributed by atoms with Gasteiger partial charge in [-0.1, -0.05) is 0 Å². The predicted molar refractivity (Wildman–Crippen MR) is 63.4 cm³/mol. The van der Waals surface area contributed by atoms with E-state index in [1.165, 1.54) is 23.1 Å². The summed E-state index contributed by atoms with van der Waals surface area (Å²) in [6.45, 7) is 0.880. The summed E-state index contributed by atoms with van der Waals surface area (Å²) in [6, 6.07) is 1.59. The molecule has 1 N–H and O–H groups in total. The Kier molecular flexibility index (Phi) is 2.33. The van der Waals surface area contributed by atoms with Crippen LogP contribution < -0.4 is 5.32 Å². The highest BCUT2D eigenvalue weighted by Gasteiger charge is 2.62. The van der Waals surface area contributed by atoms with Crippen LogP contribution >= 0.6 is 0 Å². The number of amides is 1. The molecule has 1 saturated carbocycles. The van der Waals surface area contributed by atoms with Crippen molar-refractivity contribution in [3.05, 3.63) is 24.2 Å². The van der Waals surface area contributed by atoms with E-state index in [1.807, 2.05) is 0 Å². The van der Waals surface area contributed by atoms with Crippen molar-refractivity contribution in [3.8, 4) is 0 Å². The molecule has 18 heavy (non-hydrogen) atoms. The lowest BCUT2D eigenvalue weighted by atomic mass is 10.2. The van der Waals surface area contributed by atoms with Crippen molar-refractivity contribution in [2.75, 3.05) is 19.3 Å². The lowest BCUT2D eigenvalue weighted by Crippen LogP contribution is -2.43. The number of carbonyl (C=O) groups is 1. The minimum atomic E-state index is -3.17. The molecule has 0 spiro atoms. The Labute approximate surface area is 105 Å². The number of fused-ring (bicyclic) bond motifs is 1. The molecule has 1 aliphatic heterocycles. The van der Waals surface area contributed by atoms with Crippen molar-refractivity contribution in [2.24, 2.45) is 5.92 Å². The maximum Gasteiger partial charge on any atom is 0.255 e. The van der Waals surface area contributed by atoms with Gasteiger partial charge < -0.3 is 9.73 Å². The Morgan fingerprint density at radius 3 is 2.94 bits per heavy atom. The first-order valence-corrected chi connectivity index (χ1v) is 7.55. The summed E-state index contributed by atoms with van der Waals surface area (Å²) in [6.07, 6.45) is 4.87. The van der Waals surface area contributed by atoms with E-state index in [1.54, 1.807) is 6.07 Å². The smallest absolute Gasteiger partial charge is 0.255 e. The Balaban J connectivity index is 1.71. The zero-order chi connectivity index (χ0) is 13.0. The van der Waals surface area contributed by atoms with Crippen LogP contribution in [0.25, 0.3) is 0 Å². The molecular weight excluding hydrogens is 256 g/mol. The van der Waals surface area contributed by atoms with Crippen LogP contribution in [0.4, 0.5) is 0 Å². The highest BCUT2D eigenvalue weighted by molar-refractivity contribution is 7.88. The van der Waals surface area contributed by atoms with Gasteiger partial charge in [-0.05, 0) is 18.4 Å². The maximum atomic E-state index is 11.9. The highest BCUT2D eigenvalue weighted by Crippen LogP contribution is 2.50. The van der Waals surface area contributed by atoms with Crippen LogP contribution in [0.5, 0.6) is 0 Å². The molecule has 1 saturated heterocycles. The first-order chi connectivity index (χ1) is 8.41. The monoisotopic (exact) mass is 270 g/mol. The van der Waals surface area contributed by atoms with Crippen LogP contribution in [-0.2, 0) is 10.0 Å². The highest BCUT2D eigenvalue weighted by atomic mass is 32.2. The molecule has 2 heterocycles. The van der Waals surface area contributed by atoms with Gasteiger partial charge in [-0.15, -0.1) is 0 Å². The van der Waals surface area contributed by atoms with Crippen molar-refractivity contribution < 1.29 is 17.6 Å². The van der Waals surface area contributed by atoms with E-state index >= 15 is 0 Å². The standard InChI is InChI=1S/C11H14N2O4S/c1-18(15,16)13-5-9-4-11(9,7-13)12-10(14)8-2-3-17-6-8/h2-3,6,9H,4-5,7H2,1H3,(H,12,14)/t9?,11-/m0/s1. The second kappa shape index (κ2) is 3.58. The molecule has 1 amide bonds. The summed E-state index contributed by atoms with van der Waals surface area (Å²) in [5.41, 5.74) is 0.102. The van der Waals surface area contributed by atoms with Gasteiger partial charge in [0.15, 0.2) is 0 Å². The number of sulfonamides is 1. The molecule has 3 rings (SSSR count). The quantitative estimate of drug-likeness (QED) is 0.841. The van der Waals surface area contributed by atoms with Crippen molar-refractivity contribution >= 4 is 15.9 Å². The van der Waals surface area contributed by atoms with Gasteiger partial charge in [0.1, 0.15) is 6.26 Å². The SMILES string of the molecule is CS(=O)(=O)N1CC2C[C@]2(NC(=O)c2ccoc2)C1. The summed E-state index contributed by atoms with van der Waals surface area (Å²) in [7, 11) is -3.17. The molecule has 0 bridgehead atoms. The van der Waals surface area contributed by atoms with Crippen molar-refractivity contribution in [3.63, 3.8) is 0 Å². The maximum absolute atomic E-state index is 11.9. The van der Waals surface area contributed by atoms with Crippen molar-refractivity contribution in [2.45, 2.75) is 12.0 Å². The molecule has 1 unspecified atom stereocenters. The molecule has 2 atom stereocenters. The van der Waals surface area contributed by atoms with Crippen molar-refractivity contribution in [1.82, 2.24) is 9.62 Å². The van der Waals surface area contributed by atoms with E-state index < -0.39 is 10.0 Å². The van der Waals surface area contributed by atoms with Crippen molar-refractivity contribution in [1.29, 1.82) is 0 Å². The van der Waals surface area contributed by atoms with E-state index in [4.69, 9.17) is 4.42 Å². The Hall–Kier alpha value is -1.34. The number of piperidine rings is 1. The number of furan rings is 1. The number of carbonyl (C=O) groups excluding carboxylic acids is 1. The third-order valence-corrected chi connectivity index (χ3v) is 4.95. The lowest BCUT2D eigenvalue weighted by molar-refractivity contribution is 0.0929. The Morgan fingerprint density at radius 1 is 1.61 bits per heavy atom. The summed E-state index contributed by atoms with van der Waals surface area (Å²) >= 11 is 0. The molecule has 1 aromatic rings. The molecule has 2 aliphatic rings. The Morgan fingerprint density at radius 2 is 2.39 bits per heavy atom. The molecule has 1 aliphatic carbocycles. The van der Waals surface area contributed by atoms with Gasteiger partial charge in [0.2, 0.25) is 10.0 Å². The molecular formula is C11H14N2O4S. The van der Waals surface area contributed by atoms with Crippen LogP contribution in [0, 0.1) is 5.92 Å². The van der Waals surface area contributed by atoms with Gasteiger partial charge in [0, 0.05) is 13.1 Å². The van der Waals surface area contributed by atoms with Gasteiger partial charge in [0.25, 0.3) is 5.91 Å². The minimum Gasteiger partial charge on any atom is -0.472 e. The van der Waals surface area contributed by atoms with E-state index in [0.717, 1.165) is 6.42 Å². The van der Waals surface area contributed by atoms with Crippen LogP contribution in [0.2, 0.25) is 0 Å².